The van der Waals surface area contributed by atoms with Crippen molar-refractivity contribution < 1.29 is 9.50 Å². The Bertz CT molecular complexity index is 639. The summed E-state index contributed by atoms with van der Waals surface area (Å²) in [5.74, 6) is 0.242. The van der Waals surface area contributed by atoms with Crippen molar-refractivity contribution in [1.29, 1.82) is 0 Å². The molecule has 2 N–H and O–H groups in total. The summed E-state index contributed by atoms with van der Waals surface area (Å²) in [6.07, 6.45) is 2.02. The maximum absolute atomic E-state index is 13.8. The molecule has 3 rings (SSSR count). The number of hydrogen-bond acceptors (Lipinski definition) is 3. The van der Waals surface area contributed by atoms with Gasteiger partial charge in [0.2, 0.25) is 0 Å². The largest absolute Gasteiger partial charge is 0.396 e. The molecule has 3 nitrogen and oxygen atoms in total. The normalized spacial score (nSPS) is 15.7. The number of aliphatic hydroxyl groups excluding tert-OH is 1. The second-order valence-corrected chi connectivity index (χ2v) is 6.08. The van der Waals surface area contributed by atoms with Crippen LogP contribution in [0.15, 0.2) is 48.5 Å². The van der Waals surface area contributed by atoms with Crippen LogP contribution in [0, 0.1) is 11.7 Å². The van der Waals surface area contributed by atoms with Gasteiger partial charge in [0, 0.05) is 31.8 Å². The summed E-state index contributed by atoms with van der Waals surface area (Å²) in [4.78, 5) is 2.34. The number of rotatable bonds is 5. The van der Waals surface area contributed by atoms with E-state index >= 15 is 0 Å². The van der Waals surface area contributed by atoms with E-state index in [-0.39, 0.29) is 12.4 Å². The minimum absolute atomic E-state index is 0.179. The highest BCUT2D eigenvalue weighted by molar-refractivity contribution is 5.70. The Morgan fingerprint density at radius 1 is 1.04 bits per heavy atom. The lowest BCUT2D eigenvalue weighted by Crippen LogP contribution is -2.35. The number of hydrogen-bond donors (Lipinski definition) is 2. The molecular weight excluding hydrogens is 291 g/mol. The number of anilines is 2. The van der Waals surface area contributed by atoms with E-state index in [1.807, 2.05) is 24.3 Å². The van der Waals surface area contributed by atoms with Gasteiger partial charge in [0.25, 0.3) is 0 Å². The summed E-state index contributed by atoms with van der Waals surface area (Å²) in [5.41, 5.74) is 2.85. The maximum Gasteiger partial charge on any atom is 0.128 e. The number of benzene rings is 2. The van der Waals surface area contributed by atoms with Crippen molar-refractivity contribution in [3.8, 4) is 0 Å². The average Bonchev–Trinajstić information content (AvgIpc) is 2.61. The van der Waals surface area contributed by atoms with E-state index in [4.69, 9.17) is 0 Å². The zero-order valence-electron chi connectivity index (χ0n) is 13.2. The van der Waals surface area contributed by atoms with Gasteiger partial charge in [-0.3, -0.25) is 0 Å². The lowest BCUT2D eigenvalue weighted by Gasteiger charge is -2.34. The standard InChI is InChI=1S/C19H23FN2O/c20-17-6-2-1-5-16(17)13-21-18-7-3-4-8-19(18)22-11-9-15(14-23)10-12-22/h1-8,15,21,23H,9-14H2. The molecule has 1 aliphatic heterocycles. The van der Waals surface area contributed by atoms with Crippen LogP contribution >= 0.6 is 0 Å². The lowest BCUT2D eigenvalue weighted by molar-refractivity contribution is 0.203. The summed E-state index contributed by atoms with van der Waals surface area (Å²) < 4.78 is 13.8. The molecule has 0 saturated carbocycles. The van der Waals surface area contributed by atoms with Gasteiger partial charge in [-0.1, -0.05) is 30.3 Å². The Labute approximate surface area is 136 Å². The van der Waals surface area contributed by atoms with Crippen molar-refractivity contribution in [2.45, 2.75) is 19.4 Å². The molecule has 1 heterocycles. The zero-order valence-corrected chi connectivity index (χ0v) is 13.2. The molecular formula is C19H23FN2O. The topological polar surface area (TPSA) is 35.5 Å². The van der Waals surface area contributed by atoms with Crippen LogP contribution in [0.2, 0.25) is 0 Å². The Hall–Kier alpha value is -2.07. The molecule has 0 radical (unpaired) electrons. The Morgan fingerprint density at radius 2 is 1.74 bits per heavy atom. The van der Waals surface area contributed by atoms with Crippen molar-refractivity contribution in [2.24, 2.45) is 5.92 Å². The van der Waals surface area contributed by atoms with Crippen LogP contribution in [0.1, 0.15) is 18.4 Å². The molecule has 0 spiro atoms. The van der Waals surface area contributed by atoms with Crippen molar-refractivity contribution in [3.63, 3.8) is 0 Å². The molecule has 4 heteroatoms. The molecule has 0 amide bonds. The summed E-state index contributed by atoms with van der Waals surface area (Å²) in [6, 6.07) is 15.0. The Balaban J connectivity index is 1.70. The summed E-state index contributed by atoms with van der Waals surface area (Å²) >= 11 is 0. The van der Waals surface area contributed by atoms with Crippen molar-refractivity contribution in [3.05, 3.63) is 59.9 Å². The maximum atomic E-state index is 13.8. The fourth-order valence-electron chi connectivity index (χ4n) is 3.09. The lowest BCUT2D eigenvalue weighted by atomic mass is 9.97. The minimum Gasteiger partial charge on any atom is -0.396 e. The van der Waals surface area contributed by atoms with Gasteiger partial charge in [0.1, 0.15) is 5.82 Å². The molecule has 23 heavy (non-hydrogen) atoms. The predicted molar refractivity (Wildman–Crippen MR) is 92.2 cm³/mol. The van der Waals surface area contributed by atoms with E-state index < -0.39 is 0 Å². The fourth-order valence-corrected chi connectivity index (χ4v) is 3.09. The molecule has 0 aliphatic carbocycles. The number of piperidine rings is 1. The van der Waals surface area contributed by atoms with Crippen LogP contribution in [0.5, 0.6) is 0 Å². The van der Waals surface area contributed by atoms with E-state index in [1.165, 1.54) is 6.07 Å². The second-order valence-electron chi connectivity index (χ2n) is 6.08. The number of nitrogens with one attached hydrogen (secondary N) is 1. The zero-order chi connectivity index (χ0) is 16.1. The van der Waals surface area contributed by atoms with Crippen LogP contribution in [0.3, 0.4) is 0 Å². The number of para-hydroxylation sites is 2. The molecule has 1 saturated heterocycles. The van der Waals surface area contributed by atoms with Crippen LogP contribution < -0.4 is 10.2 Å². The minimum atomic E-state index is -0.179. The van der Waals surface area contributed by atoms with Crippen LogP contribution in [0.25, 0.3) is 0 Å². The van der Waals surface area contributed by atoms with E-state index in [2.05, 4.69) is 16.3 Å². The SMILES string of the molecule is OCC1CCN(c2ccccc2NCc2ccccc2F)CC1. The third kappa shape index (κ3) is 3.82. The molecule has 2 aromatic rings. The van der Waals surface area contributed by atoms with Gasteiger partial charge in [-0.2, -0.15) is 0 Å². The van der Waals surface area contributed by atoms with Gasteiger partial charge in [-0.15, -0.1) is 0 Å². The van der Waals surface area contributed by atoms with E-state index in [9.17, 15) is 9.50 Å². The number of halogens is 1. The van der Waals surface area contributed by atoms with E-state index in [1.54, 1.807) is 12.1 Å². The van der Waals surface area contributed by atoms with Crippen LogP contribution in [-0.2, 0) is 6.54 Å². The van der Waals surface area contributed by atoms with E-state index in [0.717, 1.165) is 37.3 Å². The second kappa shape index (κ2) is 7.47. The van der Waals surface area contributed by atoms with Crippen LogP contribution in [-0.4, -0.2) is 24.8 Å². The molecule has 1 aliphatic rings. The molecule has 0 unspecified atom stereocenters. The summed E-state index contributed by atoms with van der Waals surface area (Å²) in [7, 11) is 0. The third-order valence-corrected chi connectivity index (χ3v) is 4.54. The van der Waals surface area contributed by atoms with Gasteiger partial charge < -0.3 is 15.3 Å². The van der Waals surface area contributed by atoms with Gasteiger partial charge in [0.05, 0.1) is 11.4 Å². The van der Waals surface area contributed by atoms with Gasteiger partial charge in [0.15, 0.2) is 0 Å². The molecule has 0 bridgehead atoms. The molecule has 0 aromatic heterocycles. The third-order valence-electron chi connectivity index (χ3n) is 4.54. The number of aliphatic hydroxyl groups is 1. The number of nitrogens with zero attached hydrogens (tertiary/aromatic N) is 1. The summed E-state index contributed by atoms with van der Waals surface area (Å²) in [5, 5.41) is 12.6. The smallest absolute Gasteiger partial charge is 0.128 e. The molecule has 0 atom stereocenters. The fraction of sp³-hybridized carbons (Fsp3) is 0.368. The first-order valence-corrected chi connectivity index (χ1v) is 8.20. The van der Waals surface area contributed by atoms with Gasteiger partial charge in [-0.05, 0) is 37.0 Å². The van der Waals surface area contributed by atoms with E-state index in [0.29, 0.717) is 18.0 Å². The first-order valence-electron chi connectivity index (χ1n) is 8.20. The van der Waals surface area contributed by atoms with Crippen molar-refractivity contribution in [1.82, 2.24) is 0 Å². The quantitative estimate of drug-likeness (QED) is 0.884. The Morgan fingerprint density at radius 3 is 2.48 bits per heavy atom. The highest BCUT2D eigenvalue weighted by atomic mass is 19.1. The van der Waals surface area contributed by atoms with Gasteiger partial charge in [-0.25, -0.2) is 4.39 Å². The first-order chi connectivity index (χ1) is 11.3. The van der Waals surface area contributed by atoms with Crippen LogP contribution in [0.4, 0.5) is 15.8 Å². The van der Waals surface area contributed by atoms with Crippen molar-refractivity contribution in [2.75, 3.05) is 29.9 Å². The summed E-state index contributed by atoms with van der Waals surface area (Å²) in [6.45, 7) is 2.64. The molecule has 2 aromatic carbocycles. The van der Waals surface area contributed by atoms with Gasteiger partial charge >= 0.3 is 0 Å². The highest BCUT2D eigenvalue weighted by Crippen LogP contribution is 2.30. The molecule has 1 fully saturated rings. The monoisotopic (exact) mass is 314 g/mol. The average molecular weight is 314 g/mol. The Kier molecular flexibility index (Phi) is 5.13. The predicted octanol–water partition coefficient (Wildman–Crippen LogP) is 3.65. The van der Waals surface area contributed by atoms with Crippen molar-refractivity contribution >= 4 is 11.4 Å². The highest BCUT2D eigenvalue weighted by Gasteiger charge is 2.20. The molecule has 122 valence electrons. The first kappa shape index (κ1) is 15.8.